The second kappa shape index (κ2) is 4.50. The van der Waals surface area contributed by atoms with Crippen LogP contribution in [0.25, 0.3) is 49.0 Å². The second-order valence-corrected chi connectivity index (χ2v) is 7.17. The van der Waals surface area contributed by atoms with Crippen molar-refractivity contribution in [2.24, 2.45) is 7.05 Å². The maximum absolute atomic E-state index is 14.1. The molecule has 6 rings (SSSR count). The van der Waals surface area contributed by atoms with Gasteiger partial charge in [0.2, 0.25) is 5.52 Å². The number of hydrogen-bond acceptors (Lipinski definition) is 0. The van der Waals surface area contributed by atoms with Gasteiger partial charge in [0, 0.05) is 16.8 Å². The monoisotopic (exact) mass is 339 g/mol. The van der Waals surface area contributed by atoms with Gasteiger partial charge in [-0.3, -0.25) is 0 Å². The molecule has 0 N–H and O–H groups in total. The number of aromatic nitrogens is 2. The summed E-state index contributed by atoms with van der Waals surface area (Å²) in [5, 5.41) is 5.94. The molecule has 0 saturated carbocycles. The van der Waals surface area contributed by atoms with Crippen molar-refractivity contribution in [3.8, 4) is 0 Å². The molecule has 0 fully saturated rings. The van der Waals surface area contributed by atoms with E-state index in [4.69, 9.17) is 0 Å². The molecule has 0 spiro atoms. The van der Waals surface area contributed by atoms with E-state index in [1.54, 1.807) is 12.1 Å². The molecular formula is C23H16FN2+. The fourth-order valence-electron chi connectivity index (χ4n) is 4.61. The average molecular weight is 339 g/mol. The summed E-state index contributed by atoms with van der Waals surface area (Å²) in [6.45, 7) is 2.16. The lowest BCUT2D eigenvalue weighted by molar-refractivity contribution is -0.643. The van der Waals surface area contributed by atoms with Crippen molar-refractivity contribution in [2.75, 3.05) is 0 Å². The van der Waals surface area contributed by atoms with Gasteiger partial charge in [-0.15, -0.1) is 0 Å². The third-order valence-electron chi connectivity index (χ3n) is 5.72. The molecule has 0 aliphatic carbocycles. The van der Waals surface area contributed by atoms with E-state index >= 15 is 0 Å². The van der Waals surface area contributed by atoms with Gasteiger partial charge in [-0.05, 0) is 42.1 Å². The van der Waals surface area contributed by atoms with Gasteiger partial charge in [-0.2, -0.15) is 0 Å². The lowest BCUT2D eigenvalue weighted by Crippen LogP contribution is -2.28. The summed E-state index contributed by atoms with van der Waals surface area (Å²) in [6, 6.07) is 18.0. The summed E-state index contributed by atoms with van der Waals surface area (Å²) in [5.74, 6) is -0.202. The van der Waals surface area contributed by atoms with Crippen LogP contribution in [-0.2, 0) is 7.05 Å². The zero-order chi connectivity index (χ0) is 17.6. The number of benzene rings is 3. The summed E-state index contributed by atoms with van der Waals surface area (Å²) >= 11 is 0. The van der Waals surface area contributed by atoms with Crippen LogP contribution in [0, 0.1) is 12.7 Å². The van der Waals surface area contributed by atoms with Gasteiger partial charge in [0.25, 0.3) is 0 Å². The van der Waals surface area contributed by atoms with Crippen LogP contribution in [0.4, 0.5) is 4.39 Å². The third kappa shape index (κ3) is 1.50. The highest BCUT2D eigenvalue weighted by molar-refractivity contribution is 6.25. The Morgan fingerprint density at radius 3 is 2.62 bits per heavy atom. The summed E-state index contributed by atoms with van der Waals surface area (Å²) in [5.41, 5.74) is 5.69. The molecule has 6 aromatic rings. The summed E-state index contributed by atoms with van der Waals surface area (Å²) in [4.78, 5) is 0. The highest BCUT2D eigenvalue weighted by Crippen LogP contribution is 2.40. The quantitative estimate of drug-likeness (QED) is 0.203. The number of hydrogen-bond donors (Lipinski definition) is 0. The Balaban J connectivity index is 2.15. The minimum Gasteiger partial charge on any atom is -0.307 e. The first kappa shape index (κ1) is 14.0. The molecule has 0 radical (unpaired) electrons. The number of pyridine rings is 2. The van der Waals surface area contributed by atoms with E-state index in [-0.39, 0.29) is 5.82 Å². The van der Waals surface area contributed by atoms with Crippen LogP contribution in [0.3, 0.4) is 0 Å². The van der Waals surface area contributed by atoms with Crippen LogP contribution in [0.15, 0.2) is 60.8 Å². The zero-order valence-corrected chi connectivity index (χ0v) is 14.5. The first-order valence-electron chi connectivity index (χ1n) is 8.80. The van der Waals surface area contributed by atoms with Crippen LogP contribution in [0.2, 0.25) is 0 Å². The lowest BCUT2D eigenvalue weighted by atomic mass is 10.00. The second-order valence-electron chi connectivity index (χ2n) is 7.17. The summed E-state index contributed by atoms with van der Waals surface area (Å²) in [7, 11) is 2.10. The van der Waals surface area contributed by atoms with Gasteiger partial charge in [-0.1, -0.05) is 24.3 Å². The minimum atomic E-state index is -0.202. The van der Waals surface area contributed by atoms with Gasteiger partial charge in [0.1, 0.15) is 12.9 Å². The standard InChI is InChI=1S/C23H16FN2/c1-13-6-8-17-16-9-7-15(24)12-19(16)26-18-5-3-4-14-10-11-25(2)23(21(14)18)20(13)22(17)26/h3-12H,1-2H3/q+1. The van der Waals surface area contributed by atoms with Crippen LogP contribution in [0.1, 0.15) is 5.56 Å². The smallest absolute Gasteiger partial charge is 0.224 e. The Kier molecular flexibility index (Phi) is 2.42. The molecule has 26 heavy (non-hydrogen) atoms. The molecule has 3 aromatic heterocycles. The van der Waals surface area contributed by atoms with Gasteiger partial charge in [0.05, 0.1) is 27.3 Å². The SMILES string of the molecule is Cc1ccc2c3ccc(F)cc3n3c4cccc5cc[n+](C)c(c1c23)c54. The van der Waals surface area contributed by atoms with E-state index in [0.717, 1.165) is 16.4 Å². The normalized spacial score (nSPS) is 12.4. The molecule has 2 nitrogen and oxygen atoms in total. The minimum absolute atomic E-state index is 0.202. The molecule has 3 aromatic carbocycles. The van der Waals surface area contributed by atoms with Crippen LogP contribution >= 0.6 is 0 Å². The number of rotatable bonds is 0. The number of aryl methyl sites for hydroxylation is 2. The van der Waals surface area contributed by atoms with E-state index in [2.05, 4.69) is 65.5 Å². The lowest BCUT2D eigenvalue weighted by Gasteiger charge is -2.12. The van der Waals surface area contributed by atoms with Crippen LogP contribution < -0.4 is 4.57 Å². The molecule has 0 saturated heterocycles. The van der Waals surface area contributed by atoms with E-state index in [9.17, 15) is 4.39 Å². The number of fused-ring (bicyclic) bond motifs is 5. The molecule has 0 unspecified atom stereocenters. The van der Waals surface area contributed by atoms with Crippen molar-refractivity contribution >= 4 is 49.0 Å². The topological polar surface area (TPSA) is 8.29 Å². The van der Waals surface area contributed by atoms with E-state index in [1.807, 2.05) is 6.07 Å². The Labute approximate surface area is 149 Å². The van der Waals surface area contributed by atoms with Crippen molar-refractivity contribution < 1.29 is 8.96 Å². The van der Waals surface area contributed by atoms with Crippen LogP contribution in [0.5, 0.6) is 0 Å². The van der Waals surface area contributed by atoms with E-state index < -0.39 is 0 Å². The Bertz CT molecular complexity index is 1510. The molecule has 0 amide bonds. The van der Waals surface area contributed by atoms with Crippen molar-refractivity contribution in [3.05, 3.63) is 72.2 Å². The maximum Gasteiger partial charge on any atom is 0.224 e. The molecule has 3 heterocycles. The molecule has 0 atom stereocenters. The van der Waals surface area contributed by atoms with Crippen molar-refractivity contribution in [2.45, 2.75) is 6.92 Å². The molecule has 0 aliphatic rings. The van der Waals surface area contributed by atoms with Gasteiger partial charge < -0.3 is 4.40 Å². The first-order chi connectivity index (χ1) is 12.6. The van der Waals surface area contributed by atoms with Crippen LogP contribution in [-0.4, -0.2) is 4.40 Å². The van der Waals surface area contributed by atoms with E-state index in [0.29, 0.717) is 0 Å². The Morgan fingerprint density at radius 1 is 0.885 bits per heavy atom. The molecule has 0 bridgehead atoms. The predicted molar refractivity (Wildman–Crippen MR) is 104 cm³/mol. The highest BCUT2D eigenvalue weighted by Gasteiger charge is 2.23. The maximum atomic E-state index is 14.1. The van der Waals surface area contributed by atoms with Crippen molar-refractivity contribution in [1.82, 2.24) is 4.40 Å². The van der Waals surface area contributed by atoms with Gasteiger partial charge in [-0.25, -0.2) is 8.96 Å². The van der Waals surface area contributed by atoms with Crippen molar-refractivity contribution in [3.63, 3.8) is 0 Å². The van der Waals surface area contributed by atoms with E-state index in [1.165, 1.54) is 38.1 Å². The fourth-order valence-corrected chi connectivity index (χ4v) is 4.61. The Hall–Kier alpha value is -3.20. The number of nitrogens with zero attached hydrogens (tertiary/aromatic N) is 2. The average Bonchev–Trinajstić information content (AvgIpc) is 2.96. The number of halogens is 1. The first-order valence-corrected chi connectivity index (χ1v) is 8.80. The molecule has 0 aliphatic heterocycles. The third-order valence-corrected chi connectivity index (χ3v) is 5.72. The zero-order valence-electron chi connectivity index (χ0n) is 14.5. The predicted octanol–water partition coefficient (Wildman–Crippen LogP) is 5.26. The highest BCUT2D eigenvalue weighted by atomic mass is 19.1. The summed E-state index contributed by atoms with van der Waals surface area (Å²) < 4.78 is 18.6. The Morgan fingerprint density at radius 2 is 1.73 bits per heavy atom. The fraction of sp³-hybridized carbons (Fsp3) is 0.0870. The van der Waals surface area contributed by atoms with Gasteiger partial charge >= 0.3 is 0 Å². The largest absolute Gasteiger partial charge is 0.307 e. The summed E-state index contributed by atoms with van der Waals surface area (Å²) in [6.07, 6.45) is 2.12. The van der Waals surface area contributed by atoms with Gasteiger partial charge in [0.15, 0.2) is 6.20 Å². The molecular weight excluding hydrogens is 323 g/mol. The molecule has 124 valence electrons. The molecule has 3 heteroatoms. The van der Waals surface area contributed by atoms with Crippen molar-refractivity contribution in [1.29, 1.82) is 0 Å².